The molecule has 2 aromatic rings. The summed E-state index contributed by atoms with van der Waals surface area (Å²) < 4.78 is 0. The Hall–Kier alpha value is -1.57. The minimum Gasteiger partial charge on any atom is -0.294 e. The van der Waals surface area contributed by atoms with Gasteiger partial charge in [-0.3, -0.25) is 19.8 Å². The molecule has 6 nitrogen and oxygen atoms in total. The first-order valence-corrected chi connectivity index (χ1v) is 7.62. The van der Waals surface area contributed by atoms with E-state index in [1.165, 1.54) is 11.3 Å². The molecule has 0 aliphatic carbocycles. The first-order chi connectivity index (χ1) is 9.88. The molecule has 2 amide bonds. The van der Waals surface area contributed by atoms with Crippen LogP contribution in [0, 0.1) is 0 Å². The number of piperazine rings is 1. The van der Waals surface area contributed by atoms with Crippen LogP contribution in [0.2, 0.25) is 5.15 Å². The molecular weight excluding hydrogens is 312 g/mol. The molecule has 1 saturated heterocycles. The van der Waals surface area contributed by atoms with Crippen molar-refractivity contribution in [3.8, 4) is 0 Å². The van der Waals surface area contributed by atoms with E-state index in [2.05, 4.69) is 15.3 Å². The topological polar surface area (TPSA) is 75.2 Å². The molecule has 0 radical (unpaired) electrons. The van der Waals surface area contributed by atoms with Crippen molar-refractivity contribution in [1.29, 1.82) is 0 Å². The second-order valence-corrected chi connectivity index (χ2v) is 6.62. The Morgan fingerprint density at radius 3 is 2.95 bits per heavy atom. The van der Waals surface area contributed by atoms with Crippen LogP contribution < -0.4 is 5.32 Å². The summed E-state index contributed by atoms with van der Waals surface area (Å²) in [6.45, 7) is 3.95. The Labute approximate surface area is 130 Å². The first-order valence-electron chi connectivity index (χ1n) is 6.37. The van der Waals surface area contributed by atoms with Gasteiger partial charge in [0.15, 0.2) is 0 Å². The molecule has 1 aliphatic heterocycles. The first kappa shape index (κ1) is 14.4. The quantitative estimate of drug-likeness (QED) is 0.670. The normalized spacial score (nSPS) is 19.0. The summed E-state index contributed by atoms with van der Waals surface area (Å²) >= 11 is 7.62. The summed E-state index contributed by atoms with van der Waals surface area (Å²) in [6, 6.07) is 1.87. The van der Waals surface area contributed by atoms with Crippen LogP contribution in [0.15, 0.2) is 11.4 Å². The van der Waals surface area contributed by atoms with Crippen molar-refractivity contribution in [3.63, 3.8) is 0 Å². The second kappa shape index (κ2) is 5.01. The van der Waals surface area contributed by atoms with Crippen molar-refractivity contribution in [2.45, 2.75) is 25.9 Å². The van der Waals surface area contributed by atoms with Crippen LogP contribution >= 0.6 is 22.9 Å². The fraction of sp³-hybridized carbons (Fsp3) is 0.385. The van der Waals surface area contributed by atoms with Gasteiger partial charge in [-0.2, -0.15) is 0 Å². The number of nitrogens with zero attached hydrogens (tertiary/aromatic N) is 3. The van der Waals surface area contributed by atoms with Gasteiger partial charge >= 0.3 is 0 Å². The maximum absolute atomic E-state index is 11.9. The molecule has 3 rings (SSSR count). The molecule has 0 bridgehead atoms. The molecule has 21 heavy (non-hydrogen) atoms. The third-order valence-corrected chi connectivity index (χ3v) is 4.69. The third-order valence-electron chi connectivity index (χ3n) is 3.59. The predicted molar refractivity (Wildman–Crippen MR) is 80.1 cm³/mol. The number of carbonyl (C=O) groups excluding carboxylic acids is 2. The van der Waals surface area contributed by atoms with Crippen molar-refractivity contribution in [3.05, 3.63) is 22.4 Å². The maximum atomic E-state index is 11.9. The van der Waals surface area contributed by atoms with Gasteiger partial charge in [0.25, 0.3) is 0 Å². The average Bonchev–Trinajstić information content (AvgIpc) is 2.85. The molecule has 1 fully saturated rings. The number of rotatable bonds is 2. The zero-order valence-corrected chi connectivity index (χ0v) is 13.1. The monoisotopic (exact) mass is 324 g/mol. The SMILES string of the molecule is CC1(C)C(=O)NC(=O)CN1Cc1nc(Cl)c2ccsc2n1. The molecule has 3 heterocycles. The van der Waals surface area contributed by atoms with Gasteiger partial charge in [0.2, 0.25) is 11.8 Å². The smallest absolute Gasteiger partial charge is 0.246 e. The fourth-order valence-electron chi connectivity index (χ4n) is 2.19. The Morgan fingerprint density at radius 1 is 1.43 bits per heavy atom. The van der Waals surface area contributed by atoms with Crippen LogP contribution in [0.4, 0.5) is 0 Å². The second-order valence-electron chi connectivity index (χ2n) is 5.36. The maximum Gasteiger partial charge on any atom is 0.246 e. The lowest BCUT2D eigenvalue weighted by molar-refractivity contribution is -0.145. The summed E-state index contributed by atoms with van der Waals surface area (Å²) in [5.41, 5.74) is -0.797. The lowest BCUT2D eigenvalue weighted by atomic mass is 9.99. The van der Waals surface area contributed by atoms with E-state index in [1.807, 2.05) is 11.4 Å². The minimum absolute atomic E-state index is 0.127. The number of thiophene rings is 1. The number of fused-ring (bicyclic) bond motifs is 1. The van der Waals surface area contributed by atoms with Gasteiger partial charge in [-0.05, 0) is 25.3 Å². The molecule has 1 N–H and O–H groups in total. The van der Waals surface area contributed by atoms with E-state index in [-0.39, 0.29) is 18.4 Å². The van der Waals surface area contributed by atoms with Gasteiger partial charge in [-0.25, -0.2) is 9.97 Å². The predicted octanol–water partition coefficient (Wildman–Crippen LogP) is 1.58. The highest BCUT2D eigenvalue weighted by molar-refractivity contribution is 7.16. The molecule has 110 valence electrons. The van der Waals surface area contributed by atoms with Gasteiger partial charge < -0.3 is 0 Å². The molecule has 0 saturated carbocycles. The molecule has 8 heteroatoms. The molecule has 0 atom stereocenters. The summed E-state index contributed by atoms with van der Waals surface area (Å²) in [5.74, 6) is -0.129. The summed E-state index contributed by atoms with van der Waals surface area (Å²) in [6.07, 6.45) is 0. The number of hydrogen-bond acceptors (Lipinski definition) is 6. The van der Waals surface area contributed by atoms with Crippen LogP contribution in [0.5, 0.6) is 0 Å². The minimum atomic E-state index is -0.797. The standard InChI is InChI=1S/C13H13ClN4O2S/c1-13(2)12(20)17-9(19)6-18(13)5-8-15-10(14)7-3-4-21-11(7)16-8/h3-4H,5-6H2,1-2H3,(H,17,19,20). The van der Waals surface area contributed by atoms with E-state index in [4.69, 9.17) is 11.6 Å². The summed E-state index contributed by atoms with van der Waals surface area (Å²) in [5, 5.41) is 5.44. The van der Waals surface area contributed by atoms with Crippen molar-refractivity contribution >= 4 is 45.0 Å². The van der Waals surface area contributed by atoms with E-state index < -0.39 is 5.54 Å². The molecule has 0 unspecified atom stereocenters. The number of hydrogen-bond donors (Lipinski definition) is 1. The van der Waals surface area contributed by atoms with E-state index >= 15 is 0 Å². The van der Waals surface area contributed by atoms with Gasteiger partial charge in [0.1, 0.15) is 15.8 Å². The zero-order valence-electron chi connectivity index (χ0n) is 11.5. The lowest BCUT2D eigenvalue weighted by Gasteiger charge is -2.39. The number of carbonyl (C=O) groups is 2. The number of aromatic nitrogens is 2. The molecule has 0 spiro atoms. The van der Waals surface area contributed by atoms with Crippen LogP contribution in [0.3, 0.4) is 0 Å². The van der Waals surface area contributed by atoms with E-state index in [9.17, 15) is 9.59 Å². The highest BCUT2D eigenvalue weighted by atomic mass is 35.5. The van der Waals surface area contributed by atoms with Crippen molar-refractivity contribution < 1.29 is 9.59 Å². The lowest BCUT2D eigenvalue weighted by Crippen LogP contribution is -2.63. The van der Waals surface area contributed by atoms with Crippen LogP contribution in [-0.4, -0.2) is 38.8 Å². The van der Waals surface area contributed by atoms with E-state index in [0.29, 0.717) is 17.5 Å². The Bertz CT molecular complexity index is 743. The Balaban J connectivity index is 1.93. The van der Waals surface area contributed by atoms with Crippen molar-refractivity contribution in [2.75, 3.05) is 6.54 Å². The van der Waals surface area contributed by atoms with Crippen LogP contribution in [-0.2, 0) is 16.1 Å². The summed E-state index contributed by atoms with van der Waals surface area (Å²) in [7, 11) is 0. The molecule has 0 aromatic carbocycles. The van der Waals surface area contributed by atoms with Crippen LogP contribution in [0.1, 0.15) is 19.7 Å². The highest BCUT2D eigenvalue weighted by Gasteiger charge is 2.41. The van der Waals surface area contributed by atoms with Gasteiger partial charge in [0.05, 0.1) is 18.6 Å². The molecular formula is C13H13ClN4O2S. The molecule has 2 aromatic heterocycles. The fourth-order valence-corrected chi connectivity index (χ4v) is 3.28. The van der Waals surface area contributed by atoms with Gasteiger partial charge in [-0.15, -0.1) is 11.3 Å². The van der Waals surface area contributed by atoms with Crippen molar-refractivity contribution in [2.24, 2.45) is 0 Å². The Morgan fingerprint density at radius 2 is 2.19 bits per heavy atom. The molecule has 1 aliphatic rings. The zero-order chi connectivity index (χ0) is 15.2. The number of amides is 2. The highest BCUT2D eigenvalue weighted by Crippen LogP contribution is 2.26. The van der Waals surface area contributed by atoms with E-state index in [0.717, 1.165) is 10.2 Å². The number of halogens is 1. The summed E-state index contributed by atoms with van der Waals surface area (Å²) in [4.78, 5) is 34.7. The third kappa shape index (κ3) is 2.52. The van der Waals surface area contributed by atoms with E-state index in [1.54, 1.807) is 18.7 Å². The van der Waals surface area contributed by atoms with Crippen LogP contribution in [0.25, 0.3) is 10.2 Å². The largest absolute Gasteiger partial charge is 0.294 e. The average molecular weight is 325 g/mol. The Kier molecular flexibility index (Phi) is 3.43. The van der Waals surface area contributed by atoms with Gasteiger partial charge in [-0.1, -0.05) is 11.6 Å². The number of nitrogens with one attached hydrogen (secondary N) is 1. The number of imide groups is 1. The van der Waals surface area contributed by atoms with Crippen molar-refractivity contribution in [1.82, 2.24) is 20.2 Å². The van der Waals surface area contributed by atoms with Gasteiger partial charge in [0, 0.05) is 5.39 Å².